The molecule has 32 heavy (non-hydrogen) atoms. The molecule has 0 nitrogen and oxygen atoms in total. The lowest BCUT2D eigenvalue weighted by Crippen LogP contribution is -1.80. The molecule has 0 aliphatic carbocycles. The molecule has 0 rings (SSSR count). The fourth-order valence-electron chi connectivity index (χ4n) is 4.05. The maximum Gasteiger partial charge on any atom is -0.0348 e. The van der Waals surface area contributed by atoms with Crippen molar-refractivity contribution in [2.45, 2.75) is 162 Å². The Labute approximate surface area is 204 Å². The minimum atomic E-state index is 1.24. The molecule has 0 fully saturated rings. The second-order valence-electron chi connectivity index (χ2n) is 9.61. The molecular weight excluding hydrogens is 384 g/mol. The standard InChI is InChI=1S/C32H59/c1-3-5-7-9-11-13-15-17-19-21-23-25-27-29-31-32-30-28-26-24-22-20-18-16-14-12-10-8-6-4-2/h11,13-14,16,26,31-32H,3-10,12,15,17-25,27-30H2,1-2H3/b13-11-,16-14?,32-31?. The van der Waals surface area contributed by atoms with E-state index in [1.807, 2.05) is 0 Å². The molecule has 0 aromatic rings. The van der Waals surface area contributed by atoms with Crippen LogP contribution in [0.5, 0.6) is 0 Å². The molecule has 187 valence electrons. The Hall–Kier alpha value is -0.780. The monoisotopic (exact) mass is 443 g/mol. The minimum absolute atomic E-state index is 1.24. The van der Waals surface area contributed by atoms with Crippen molar-refractivity contribution in [1.82, 2.24) is 0 Å². The van der Waals surface area contributed by atoms with E-state index in [2.05, 4.69) is 56.7 Å². The molecule has 0 spiro atoms. The summed E-state index contributed by atoms with van der Waals surface area (Å²) in [6.07, 6.45) is 47.9. The van der Waals surface area contributed by atoms with Gasteiger partial charge in [0.15, 0.2) is 0 Å². The van der Waals surface area contributed by atoms with E-state index in [1.165, 1.54) is 148 Å². The normalized spacial score (nSPS) is 12.2. The summed E-state index contributed by atoms with van der Waals surface area (Å²) >= 11 is 0. The largest absolute Gasteiger partial charge is 0.0885 e. The summed E-state index contributed by atoms with van der Waals surface area (Å²) in [6.45, 7) is 4.56. The predicted molar refractivity (Wildman–Crippen MR) is 149 cm³/mol. The van der Waals surface area contributed by atoms with Crippen LogP contribution in [0.1, 0.15) is 162 Å². The van der Waals surface area contributed by atoms with Crippen LogP contribution in [0.15, 0.2) is 36.5 Å². The topological polar surface area (TPSA) is 0 Å². The van der Waals surface area contributed by atoms with Crippen molar-refractivity contribution in [3.8, 4) is 0 Å². The van der Waals surface area contributed by atoms with Crippen LogP contribution in [0.2, 0.25) is 0 Å². The van der Waals surface area contributed by atoms with E-state index >= 15 is 0 Å². The van der Waals surface area contributed by atoms with Gasteiger partial charge in [0, 0.05) is 0 Å². The van der Waals surface area contributed by atoms with Crippen molar-refractivity contribution in [3.63, 3.8) is 0 Å². The third kappa shape index (κ3) is 29.2. The van der Waals surface area contributed by atoms with E-state index in [0.717, 1.165) is 0 Å². The maximum atomic E-state index is 2.50. The first-order valence-electron chi connectivity index (χ1n) is 14.7. The quantitative estimate of drug-likeness (QED) is 0.0920. The van der Waals surface area contributed by atoms with Crippen molar-refractivity contribution in [3.05, 3.63) is 42.9 Å². The van der Waals surface area contributed by atoms with Gasteiger partial charge in [-0.1, -0.05) is 121 Å². The van der Waals surface area contributed by atoms with E-state index in [0.29, 0.717) is 0 Å². The molecule has 0 aliphatic rings. The van der Waals surface area contributed by atoms with Gasteiger partial charge in [0.05, 0.1) is 0 Å². The molecule has 1 radical (unpaired) electrons. The lowest BCUT2D eigenvalue weighted by Gasteiger charge is -2.00. The number of rotatable bonds is 26. The Bertz CT molecular complexity index is 400. The van der Waals surface area contributed by atoms with E-state index in [9.17, 15) is 0 Å². The molecule has 0 atom stereocenters. The summed E-state index contributed by atoms with van der Waals surface area (Å²) in [5, 5.41) is 0. The number of hydrogen-bond acceptors (Lipinski definition) is 0. The zero-order chi connectivity index (χ0) is 23.2. The Morgan fingerprint density at radius 1 is 0.281 bits per heavy atom. The van der Waals surface area contributed by atoms with Gasteiger partial charge >= 0.3 is 0 Å². The van der Waals surface area contributed by atoms with Crippen LogP contribution in [0, 0.1) is 6.42 Å². The van der Waals surface area contributed by atoms with Gasteiger partial charge < -0.3 is 0 Å². The number of hydrogen-bond donors (Lipinski definition) is 0. The van der Waals surface area contributed by atoms with Gasteiger partial charge in [-0.25, -0.2) is 0 Å². The van der Waals surface area contributed by atoms with Crippen LogP contribution in [-0.2, 0) is 0 Å². The zero-order valence-electron chi connectivity index (χ0n) is 22.3. The first-order chi connectivity index (χ1) is 15.9. The summed E-state index contributed by atoms with van der Waals surface area (Å²) in [6, 6.07) is 0. The van der Waals surface area contributed by atoms with E-state index in [4.69, 9.17) is 0 Å². The molecule has 0 aliphatic heterocycles. The molecule has 0 N–H and O–H groups in total. The van der Waals surface area contributed by atoms with Gasteiger partial charge in [-0.15, -0.1) is 0 Å². The highest BCUT2D eigenvalue weighted by Crippen LogP contribution is 2.11. The van der Waals surface area contributed by atoms with Gasteiger partial charge in [0.2, 0.25) is 0 Å². The van der Waals surface area contributed by atoms with Crippen LogP contribution < -0.4 is 0 Å². The molecule has 0 unspecified atom stereocenters. The van der Waals surface area contributed by atoms with E-state index in [-0.39, 0.29) is 0 Å². The third-order valence-electron chi connectivity index (χ3n) is 6.26. The van der Waals surface area contributed by atoms with Crippen molar-refractivity contribution < 1.29 is 0 Å². The number of allylic oxidation sites excluding steroid dienone is 6. The van der Waals surface area contributed by atoms with Crippen LogP contribution in [0.25, 0.3) is 0 Å². The van der Waals surface area contributed by atoms with Crippen LogP contribution in [-0.4, -0.2) is 0 Å². The first-order valence-corrected chi connectivity index (χ1v) is 14.7. The average Bonchev–Trinajstić information content (AvgIpc) is 2.81. The fourth-order valence-corrected chi connectivity index (χ4v) is 4.05. The molecular formula is C32H59. The van der Waals surface area contributed by atoms with Gasteiger partial charge in [0.25, 0.3) is 0 Å². The molecule has 0 aromatic carbocycles. The minimum Gasteiger partial charge on any atom is -0.0885 e. The Morgan fingerprint density at radius 2 is 0.594 bits per heavy atom. The Morgan fingerprint density at radius 3 is 1.09 bits per heavy atom. The van der Waals surface area contributed by atoms with Crippen molar-refractivity contribution >= 4 is 0 Å². The van der Waals surface area contributed by atoms with Gasteiger partial charge in [0.1, 0.15) is 0 Å². The highest BCUT2D eigenvalue weighted by Gasteiger charge is 1.92. The average molecular weight is 444 g/mol. The zero-order valence-corrected chi connectivity index (χ0v) is 22.3. The maximum absolute atomic E-state index is 2.50. The number of unbranched alkanes of at least 4 members (excludes halogenated alkanes) is 20. The van der Waals surface area contributed by atoms with Crippen LogP contribution in [0.4, 0.5) is 0 Å². The van der Waals surface area contributed by atoms with E-state index in [1.54, 1.807) is 0 Å². The van der Waals surface area contributed by atoms with Gasteiger partial charge in [-0.3, -0.25) is 0 Å². The highest BCUT2D eigenvalue weighted by atomic mass is 14.0. The molecule has 0 aromatic heterocycles. The third-order valence-corrected chi connectivity index (χ3v) is 6.26. The summed E-state index contributed by atoms with van der Waals surface area (Å²) < 4.78 is 0. The molecule has 0 saturated heterocycles. The summed E-state index contributed by atoms with van der Waals surface area (Å²) in [4.78, 5) is 0. The van der Waals surface area contributed by atoms with Crippen LogP contribution in [0.3, 0.4) is 0 Å². The van der Waals surface area contributed by atoms with Crippen molar-refractivity contribution in [2.24, 2.45) is 0 Å². The Balaban J connectivity index is 3.15. The molecule has 0 bridgehead atoms. The smallest absolute Gasteiger partial charge is 0.0348 e. The summed E-state index contributed by atoms with van der Waals surface area (Å²) in [7, 11) is 0. The van der Waals surface area contributed by atoms with Crippen LogP contribution >= 0.6 is 0 Å². The molecule has 0 saturated carbocycles. The summed E-state index contributed by atoms with van der Waals surface area (Å²) in [5.74, 6) is 0. The van der Waals surface area contributed by atoms with Gasteiger partial charge in [-0.2, -0.15) is 0 Å². The lowest BCUT2D eigenvalue weighted by atomic mass is 10.1. The van der Waals surface area contributed by atoms with Crippen molar-refractivity contribution in [2.75, 3.05) is 0 Å². The second-order valence-corrected chi connectivity index (χ2v) is 9.61. The Kier molecular flexibility index (Phi) is 29.5. The molecule has 0 heterocycles. The van der Waals surface area contributed by atoms with Crippen molar-refractivity contribution in [1.29, 1.82) is 0 Å². The second kappa shape index (κ2) is 30.2. The molecule has 0 heteroatoms. The van der Waals surface area contributed by atoms with E-state index < -0.39 is 0 Å². The highest BCUT2D eigenvalue weighted by molar-refractivity contribution is 4.84. The lowest BCUT2D eigenvalue weighted by molar-refractivity contribution is 0.599. The SMILES string of the molecule is CCCCC/C=C\CCCCCCCCC=CCC[CH]CCCCC=CCCCCCC. The fraction of sp³-hybridized carbons (Fsp3) is 0.781. The summed E-state index contributed by atoms with van der Waals surface area (Å²) in [5.41, 5.74) is 0. The van der Waals surface area contributed by atoms with Gasteiger partial charge in [-0.05, 0) is 83.5 Å². The first kappa shape index (κ1) is 31.2. The molecule has 0 amide bonds. The predicted octanol–water partition coefficient (Wildman–Crippen LogP) is 11.9.